The van der Waals surface area contributed by atoms with Crippen LogP contribution in [-0.4, -0.2) is 18.1 Å². The number of pyridine rings is 1. The monoisotopic (exact) mass is 244 g/mol. The predicted molar refractivity (Wildman–Crippen MR) is 68.4 cm³/mol. The summed E-state index contributed by atoms with van der Waals surface area (Å²) in [5.41, 5.74) is 0.966. The zero-order valence-electron chi connectivity index (χ0n) is 10.3. The molecule has 1 aliphatic carbocycles. The number of methoxy groups -OCH3 is 1. The van der Waals surface area contributed by atoms with Crippen LogP contribution < -0.4 is 10.1 Å². The highest BCUT2D eigenvalue weighted by Gasteiger charge is 2.20. The molecular formula is C14H16N2O2. The topological polar surface area (TPSA) is 47.3 Å². The second-order valence-corrected chi connectivity index (χ2v) is 4.51. The summed E-state index contributed by atoms with van der Waals surface area (Å²) in [6.07, 6.45) is 4.34. The van der Waals surface area contributed by atoms with E-state index in [1.807, 2.05) is 24.3 Å². The van der Waals surface area contributed by atoms with Gasteiger partial charge >= 0.3 is 0 Å². The van der Waals surface area contributed by atoms with Crippen molar-refractivity contribution in [3.05, 3.63) is 36.2 Å². The fourth-order valence-electron chi connectivity index (χ4n) is 1.81. The van der Waals surface area contributed by atoms with Crippen LogP contribution in [0.25, 0.3) is 11.3 Å². The van der Waals surface area contributed by atoms with Crippen molar-refractivity contribution < 1.29 is 9.15 Å². The van der Waals surface area contributed by atoms with Gasteiger partial charge in [-0.1, -0.05) is 0 Å². The van der Waals surface area contributed by atoms with Crippen LogP contribution in [-0.2, 0) is 6.54 Å². The van der Waals surface area contributed by atoms with E-state index in [-0.39, 0.29) is 0 Å². The summed E-state index contributed by atoms with van der Waals surface area (Å²) in [7, 11) is 1.61. The van der Waals surface area contributed by atoms with E-state index in [1.165, 1.54) is 12.8 Å². The number of nitrogens with one attached hydrogen (secondary N) is 1. The molecule has 0 aliphatic heterocycles. The molecule has 1 N–H and O–H groups in total. The maximum absolute atomic E-state index is 5.78. The van der Waals surface area contributed by atoms with E-state index < -0.39 is 0 Å². The quantitative estimate of drug-likeness (QED) is 0.878. The highest BCUT2D eigenvalue weighted by atomic mass is 16.5. The minimum Gasteiger partial charge on any atom is -0.481 e. The van der Waals surface area contributed by atoms with Crippen molar-refractivity contribution >= 4 is 0 Å². The van der Waals surface area contributed by atoms with E-state index in [0.717, 1.165) is 23.6 Å². The van der Waals surface area contributed by atoms with E-state index in [9.17, 15) is 0 Å². The molecule has 2 heterocycles. The Kier molecular flexibility index (Phi) is 3.02. The van der Waals surface area contributed by atoms with Crippen LogP contribution in [0.3, 0.4) is 0 Å². The van der Waals surface area contributed by atoms with Crippen molar-refractivity contribution in [3.63, 3.8) is 0 Å². The van der Waals surface area contributed by atoms with Gasteiger partial charge in [0.05, 0.1) is 13.7 Å². The Balaban J connectivity index is 1.70. The Morgan fingerprint density at radius 2 is 2.22 bits per heavy atom. The standard InChI is InChI=1S/C14H16N2O2/c1-17-14-7-2-10(8-16-14)13-6-5-12(18-13)9-15-11-3-4-11/h2,5-8,11,15H,3-4,9H2,1H3. The van der Waals surface area contributed by atoms with Crippen molar-refractivity contribution in [1.29, 1.82) is 0 Å². The lowest BCUT2D eigenvalue weighted by molar-refractivity contribution is 0.398. The van der Waals surface area contributed by atoms with Crippen molar-refractivity contribution in [1.82, 2.24) is 10.3 Å². The first-order valence-corrected chi connectivity index (χ1v) is 6.17. The second kappa shape index (κ2) is 4.82. The van der Waals surface area contributed by atoms with Gasteiger partial charge in [-0.05, 0) is 31.0 Å². The highest BCUT2D eigenvalue weighted by molar-refractivity contribution is 5.56. The first-order valence-electron chi connectivity index (χ1n) is 6.17. The molecule has 1 saturated carbocycles. The summed E-state index contributed by atoms with van der Waals surface area (Å²) in [5, 5.41) is 3.43. The zero-order valence-corrected chi connectivity index (χ0v) is 10.3. The third kappa shape index (κ3) is 2.54. The lowest BCUT2D eigenvalue weighted by Crippen LogP contribution is -2.14. The van der Waals surface area contributed by atoms with Crippen molar-refractivity contribution in [2.24, 2.45) is 0 Å². The molecule has 94 valence electrons. The fourth-order valence-corrected chi connectivity index (χ4v) is 1.81. The lowest BCUT2D eigenvalue weighted by atomic mass is 10.2. The smallest absolute Gasteiger partial charge is 0.212 e. The van der Waals surface area contributed by atoms with Gasteiger partial charge in [-0.15, -0.1) is 0 Å². The molecule has 0 bridgehead atoms. The Hall–Kier alpha value is -1.81. The van der Waals surface area contributed by atoms with Crippen molar-refractivity contribution in [3.8, 4) is 17.2 Å². The van der Waals surface area contributed by atoms with Crippen LogP contribution in [0.2, 0.25) is 0 Å². The van der Waals surface area contributed by atoms with Crippen LogP contribution in [0, 0.1) is 0 Å². The molecule has 0 unspecified atom stereocenters. The third-order valence-corrected chi connectivity index (χ3v) is 3.03. The number of furan rings is 1. The minimum absolute atomic E-state index is 0.612. The number of aromatic nitrogens is 1. The van der Waals surface area contributed by atoms with Gasteiger partial charge in [-0.2, -0.15) is 0 Å². The molecular weight excluding hydrogens is 228 g/mol. The Morgan fingerprint density at radius 3 is 2.89 bits per heavy atom. The van der Waals surface area contributed by atoms with Crippen LogP contribution in [0.15, 0.2) is 34.9 Å². The van der Waals surface area contributed by atoms with Gasteiger partial charge in [0.1, 0.15) is 11.5 Å². The van der Waals surface area contributed by atoms with Crippen LogP contribution in [0.5, 0.6) is 5.88 Å². The van der Waals surface area contributed by atoms with Crippen LogP contribution in [0.4, 0.5) is 0 Å². The molecule has 18 heavy (non-hydrogen) atoms. The SMILES string of the molecule is COc1ccc(-c2ccc(CNC3CC3)o2)cn1. The number of ether oxygens (including phenoxy) is 1. The normalized spacial score (nSPS) is 14.7. The molecule has 2 aromatic rings. The maximum atomic E-state index is 5.78. The van der Waals surface area contributed by atoms with Gasteiger partial charge in [0.2, 0.25) is 5.88 Å². The molecule has 3 rings (SSSR count). The molecule has 2 aromatic heterocycles. The molecule has 0 amide bonds. The van der Waals surface area contributed by atoms with E-state index in [4.69, 9.17) is 9.15 Å². The summed E-state index contributed by atoms with van der Waals surface area (Å²) in [6, 6.07) is 8.46. The van der Waals surface area contributed by atoms with Gasteiger partial charge in [0.15, 0.2) is 0 Å². The molecule has 1 aliphatic rings. The van der Waals surface area contributed by atoms with Gasteiger partial charge in [0.25, 0.3) is 0 Å². The second-order valence-electron chi connectivity index (χ2n) is 4.51. The fraction of sp³-hybridized carbons (Fsp3) is 0.357. The molecule has 4 nitrogen and oxygen atoms in total. The van der Waals surface area contributed by atoms with Crippen LogP contribution in [0.1, 0.15) is 18.6 Å². The molecule has 1 fully saturated rings. The summed E-state index contributed by atoms with van der Waals surface area (Å²) in [6.45, 7) is 0.800. The van der Waals surface area contributed by atoms with Gasteiger partial charge < -0.3 is 14.5 Å². The van der Waals surface area contributed by atoms with E-state index in [2.05, 4.69) is 10.3 Å². The van der Waals surface area contributed by atoms with E-state index in [0.29, 0.717) is 11.9 Å². The Bertz CT molecular complexity index is 515. The third-order valence-electron chi connectivity index (χ3n) is 3.03. The predicted octanol–water partition coefficient (Wildman–Crippen LogP) is 2.60. The summed E-state index contributed by atoms with van der Waals surface area (Å²) < 4.78 is 10.8. The minimum atomic E-state index is 0.612. The maximum Gasteiger partial charge on any atom is 0.212 e. The van der Waals surface area contributed by atoms with Gasteiger partial charge in [-0.25, -0.2) is 4.98 Å². The Labute approximate surface area is 106 Å². The average molecular weight is 244 g/mol. The van der Waals surface area contributed by atoms with Gasteiger partial charge in [0, 0.05) is 23.9 Å². The summed E-state index contributed by atoms with van der Waals surface area (Å²) >= 11 is 0. The van der Waals surface area contributed by atoms with Crippen LogP contribution >= 0.6 is 0 Å². The highest BCUT2D eigenvalue weighted by Crippen LogP contribution is 2.24. The summed E-state index contributed by atoms with van der Waals surface area (Å²) in [4.78, 5) is 4.17. The number of hydrogen-bond acceptors (Lipinski definition) is 4. The van der Waals surface area contributed by atoms with E-state index >= 15 is 0 Å². The molecule has 0 spiro atoms. The van der Waals surface area contributed by atoms with E-state index in [1.54, 1.807) is 13.3 Å². The number of rotatable bonds is 5. The number of nitrogens with zero attached hydrogens (tertiary/aromatic N) is 1. The molecule has 0 saturated heterocycles. The first-order chi connectivity index (χ1) is 8.85. The first kappa shape index (κ1) is 11.3. The van der Waals surface area contributed by atoms with Crippen molar-refractivity contribution in [2.45, 2.75) is 25.4 Å². The molecule has 4 heteroatoms. The molecule has 0 atom stereocenters. The zero-order chi connectivity index (χ0) is 12.4. The molecule has 0 aromatic carbocycles. The van der Waals surface area contributed by atoms with Gasteiger partial charge in [-0.3, -0.25) is 0 Å². The summed E-state index contributed by atoms with van der Waals surface area (Å²) in [5.74, 6) is 2.42. The largest absolute Gasteiger partial charge is 0.481 e. The number of hydrogen-bond donors (Lipinski definition) is 1. The Morgan fingerprint density at radius 1 is 1.33 bits per heavy atom. The molecule has 0 radical (unpaired) electrons. The van der Waals surface area contributed by atoms with Crippen molar-refractivity contribution in [2.75, 3.05) is 7.11 Å². The lowest BCUT2D eigenvalue weighted by Gasteiger charge is -2.00. The average Bonchev–Trinajstić information content (AvgIpc) is 3.14.